The Balaban J connectivity index is 2.55. The van der Waals surface area contributed by atoms with Crippen LogP contribution in [0, 0.1) is 0 Å². The molecule has 0 saturated carbocycles. The second-order valence-corrected chi connectivity index (χ2v) is 6.05. The molecule has 1 atom stereocenters. The van der Waals surface area contributed by atoms with Crippen LogP contribution < -0.4 is 11.1 Å². The van der Waals surface area contributed by atoms with E-state index in [1.165, 1.54) is 0 Å². The molecule has 1 saturated heterocycles. The zero-order chi connectivity index (χ0) is 12.2. The van der Waals surface area contributed by atoms with E-state index < -0.39 is 16.3 Å². The Morgan fingerprint density at radius 3 is 2.50 bits per heavy atom. The van der Waals surface area contributed by atoms with Crippen LogP contribution in [0.25, 0.3) is 0 Å². The van der Waals surface area contributed by atoms with Crippen molar-refractivity contribution in [2.75, 3.05) is 37.7 Å². The number of primary amides is 1. The van der Waals surface area contributed by atoms with E-state index in [0.717, 1.165) is 13.1 Å². The quantitative estimate of drug-likeness (QED) is 0.647. The lowest BCUT2D eigenvalue weighted by Gasteiger charge is -2.35. The third-order valence-electron chi connectivity index (χ3n) is 2.92. The number of carbonyl (C=O) groups is 1. The second kappa shape index (κ2) is 5.75. The Morgan fingerprint density at radius 2 is 2.06 bits per heavy atom. The first kappa shape index (κ1) is 13.6. The largest absolute Gasteiger partial charge is 0.368 e. The Hall–Kier alpha value is -0.460. The van der Waals surface area contributed by atoms with Crippen molar-refractivity contribution in [2.24, 2.45) is 5.73 Å². The molecule has 0 aromatic rings. The van der Waals surface area contributed by atoms with Crippen molar-refractivity contribution in [1.29, 1.82) is 0 Å². The SMILES string of the molecule is CCNC(C)(CN1CCS(=O)CC1)C(N)=O. The predicted molar refractivity (Wildman–Crippen MR) is 65.6 cm³/mol. The third kappa shape index (κ3) is 3.54. The van der Waals surface area contributed by atoms with Gasteiger partial charge in [-0.1, -0.05) is 6.92 Å². The number of nitrogens with one attached hydrogen (secondary N) is 1. The van der Waals surface area contributed by atoms with Crippen molar-refractivity contribution in [3.8, 4) is 0 Å². The fourth-order valence-electron chi connectivity index (χ4n) is 1.89. The van der Waals surface area contributed by atoms with Crippen LogP contribution in [0.1, 0.15) is 13.8 Å². The first-order valence-corrected chi connectivity index (χ1v) is 7.09. The highest BCUT2D eigenvalue weighted by molar-refractivity contribution is 7.85. The van der Waals surface area contributed by atoms with Crippen LogP contribution in [-0.4, -0.2) is 58.2 Å². The summed E-state index contributed by atoms with van der Waals surface area (Å²) in [6.45, 7) is 6.63. The lowest BCUT2D eigenvalue weighted by molar-refractivity contribution is -0.124. The van der Waals surface area contributed by atoms with Crippen LogP contribution in [-0.2, 0) is 15.6 Å². The van der Waals surface area contributed by atoms with Crippen molar-refractivity contribution in [1.82, 2.24) is 10.2 Å². The van der Waals surface area contributed by atoms with Crippen molar-refractivity contribution in [3.05, 3.63) is 0 Å². The molecular weight excluding hydrogens is 226 g/mol. The van der Waals surface area contributed by atoms with E-state index in [1.807, 2.05) is 13.8 Å². The van der Waals surface area contributed by atoms with Crippen molar-refractivity contribution < 1.29 is 9.00 Å². The van der Waals surface area contributed by atoms with E-state index in [2.05, 4.69) is 10.2 Å². The fraction of sp³-hybridized carbons (Fsp3) is 0.900. The van der Waals surface area contributed by atoms with Gasteiger partial charge in [-0.25, -0.2) is 0 Å². The first-order chi connectivity index (χ1) is 7.48. The highest BCUT2D eigenvalue weighted by atomic mass is 32.2. The zero-order valence-electron chi connectivity index (χ0n) is 9.99. The lowest BCUT2D eigenvalue weighted by Crippen LogP contribution is -2.60. The first-order valence-electron chi connectivity index (χ1n) is 5.60. The standard InChI is InChI=1S/C10H21N3O2S/c1-3-12-10(2,9(11)14)8-13-4-6-16(15)7-5-13/h12H,3-8H2,1-2H3,(H2,11,14). The maximum atomic E-state index is 11.4. The molecule has 16 heavy (non-hydrogen) atoms. The molecule has 0 spiro atoms. The van der Waals surface area contributed by atoms with Crippen molar-refractivity contribution in [2.45, 2.75) is 19.4 Å². The molecule has 1 heterocycles. The van der Waals surface area contributed by atoms with Gasteiger partial charge in [0.15, 0.2) is 0 Å². The van der Waals surface area contributed by atoms with E-state index in [1.54, 1.807) is 0 Å². The molecule has 1 fully saturated rings. The van der Waals surface area contributed by atoms with Gasteiger partial charge in [-0.2, -0.15) is 0 Å². The zero-order valence-corrected chi connectivity index (χ0v) is 10.8. The molecule has 0 radical (unpaired) electrons. The number of likely N-dealkylation sites (N-methyl/N-ethyl adjacent to an activating group) is 1. The van der Waals surface area contributed by atoms with Crippen molar-refractivity contribution in [3.63, 3.8) is 0 Å². The molecule has 5 nitrogen and oxygen atoms in total. The normalized spacial score (nSPS) is 22.9. The minimum atomic E-state index is -0.687. The molecule has 1 aliphatic rings. The topological polar surface area (TPSA) is 75.4 Å². The number of hydrogen-bond donors (Lipinski definition) is 2. The average molecular weight is 247 g/mol. The molecule has 0 aliphatic carbocycles. The van der Waals surface area contributed by atoms with Gasteiger partial charge in [0.2, 0.25) is 5.91 Å². The Bertz CT molecular complexity index is 275. The highest BCUT2D eigenvalue weighted by Crippen LogP contribution is 2.09. The summed E-state index contributed by atoms with van der Waals surface area (Å²) in [6.07, 6.45) is 0. The summed E-state index contributed by atoms with van der Waals surface area (Å²) >= 11 is 0. The monoisotopic (exact) mass is 247 g/mol. The van der Waals surface area contributed by atoms with Gasteiger partial charge in [-0.15, -0.1) is 0 Å². The van der Waals surface area contributed by atoms with Crippen LogP contribution >= 0.6 is 0 Å². The second-order valence-electron chi connectivity index (χ2n) is 4.35. The van der Waals surface area contributed by atoms with Crippen LogP contribution in [0.15, 0.2) is 0 Å². The molecule has 1 rings (SSSR count). The van der Waals surface area contributed by atoms with Gasteiger partial charge >= 0.3 is 0 Å². The van der Waals surface area contributed by atoms with Gasteiger partial charge in [0.25, 0.3) is 0 Å². The molecule has 0 aromatic carbocycles. The summed E-state index contributed by atoms with van der Waals surface area (Å²) in [5.74, 6) is 1.06. The smallest absolute Gasteiger partial charge is 0.238 e. The van der Waals surface area contributed by atoms with Gasteiger partial charge in [0.05, 0.1) is 0 Å². The van der Waals surface area contributed by atoms with E-state index in [4.69, 9.17) is 5.73 Å². The summed E-state index contributed by atoms with van der Waals surface area (Å²) in [7, 11) is -0.682. The molecular formula is C10H21N3O2S. The van der Waals surface area contributed by atoms with E-state index >= 15 is 0 Å². The van der Waals surface area contributed by atoms with Crippen LogP contribution in [0.3, 0.4) is 0 Å². The predicted octanol–water partition coefficient (Wildman–Crippen LogP) is -1.10. The number of nitrogens with two attached hydrogens (primary N) is 1. The number of carbonyl (C=O) groups excluding carboxylic acids is 1. The summed E-state index contributed by atoms with van der Waals surface area (Å²) in [5.41, 5.74) is 4.73. The molecule has 1 amide bonds. The fourth-order valence-corrected chi connectivity index (χ4v) is 3.02. The average Bonchev–Trinajstić information content (AvgIpc) is 2.22. The molecule has 3 N–H and O–H groups in total. The number of rotatable bonds is 5. The number of nitrogens with zero attached hydrogens (tertiary/aromatic N) is 1. The summed E-state index contributed by atoms with van der Waals surface area (Å²) < 4.78 is 11.2. The Labute approximate surface area is 99.2 Å². The minimum Gasteiger partial charge on any atom is -0.368 e. The highest BCUT2D eigenvalue weighted by Gasteiger charge is 2.33. The van der Waals surface area contributed by atoms with Gasteiger partial charge in [0.1, 0.15) is 5.54 Å². The van der Waals surface area contributed by atoms with Crippen LogP contribution in [0.4, 0.5) is 0 Å². The maximum Gasteiger partial charge on any atom is 0.238 e. The Morgan fingerprint density at radius 1 is 1.50 bits per heavy atom. The van der Waals surface area contributed by atoms with Crippen LogP contribution in [0.2, 0.25) is 0 Å². The molecule has 1 aliphatic heterocycles. The van der Waals surface area contributed by atoms with E-state index in [-0.39, 0.29) is 5.91 Å². The third-order valence-corrected chi connectivity index (χ3v) is 4.20. The number of amides is 1. The van der Waals surface area contributed by atoms with Crippen LogP contribution in [0.5, 0.6) is 0 Å². The molecule has 6 heteroatoms. The van der Waals surface area contributed by atoms with Gasteiger partial charge in [-0.3, -0.25) is 13.9 Å². The minimum absolute atomic E-state index is 0.332. The summed E-state index contributed by atoms with van der Waals surface area (Å²) in [5, 5.41) is 3.12. The van der Waals surface area contributed by atoms with Gasteiger partial charge in [0, 0.05) is 41.9 Å². The van der Waals surface area contributed by atoms with Gasteiger partial charge < -0.3 is 11.1 Å². The van der Waals surface area contributed by atoms with E-state index in [9.17, 15) is 9.00 Å². The number of hydrogen-bond acceptors (Lipinski definition) is 4. The summed E-state index contributed by atoms with van der Waals surface area (Å²) in [4.78, 5) is 13.6. The maximum absolute atomic E-state index is 11.4. The molecule has 0 bridgehead atoms. The molecule has 0 aromatic heterocycles. The Kier molecular flexibility index (Phi) is 4.89. The molecule has 1 unspecified atom stereocenters. The van der Waals surface area contributed by atoms with Gasteiger partial charge in [-0.05, 0) is 13.5 Å². The van der Waals surface area contributed by atoms with Crippen molar-refractivity contribution >= 4 is 16.7 Å². The lowest BCUT2D eigenvalue weighted by atomic mass is 10.0. The van der Waals surface area contributed by atoms with E-state index in [0.29, 0.717) is 24.6 Å². The molecule has 94 valence electrons. The summed E-state index contributed by atoms with van der Waals surface area (Å²) in [6, 6.07) is 0.